The largest absolute Gasteiger partial charge is 0.481 e. The third-order valence-corrected chi connectivity index (χ3v) is 5.17. The molecule has 0 spiro atoms. The van der Waals surface area contributed by atoms with Gasteiger partial charge in [-0.1, -0.05) is 19.3 Å². The van der Waals surface area contributed by atoms with E-state index in [0.717, 1.165) is 32.2 Å². The van der Waals surface area contributed by atoms with Crippen LogP contribution in [0.3, 0.4) is 0 Å². The average molecular weight is 296 g/mol. The molecule has 2 aliphatic rings. The summed E-state index contributed by atoms with van der Waals surface area (Å²) in [5.74, 6) is -0.438. The number of carbonyl (C=O) groups is 2. The van der Waals surface area contributed by atoms with Crippen LogP contribution < -0.4 is 5.32 Å². The second-order valence-electron chi connectivity index (χ2n) is 6.71. The van der Waals surface area contributed by atoms with Crippen LogP contribution in [0.1, 0.15) is 57.8 Å². The van der Waals surface area contributed by atoms with Gasteiger partial charge in [0, 0.05) is 31.5 Å². The van der Waals surface area contributed by atoms with Crippen molar-refractivity contribution < 1.29 is 14.7 Å². The van der Waals surface area contributed by atoms with Crippen LogP contribution in [0.15, 0.2) is 0 Å². The third-order valence-electron chi connectivity index (χ3n) is 5.17. The molecule has 1 saturated heterocycles. The summed E-state index contributed by atoms with van der Waals surface area (Å²) in [5.41, 5.74) is -0.0327. The standard InChI is InChI=1S/C16H28N2O3/c1-17-16(7-3-2-4-8-16)11-14(19)18-9-5-6-13(12-18)10-15(20)21/h13,17H,2-12H2,1H3,(H,20,21). The summed E-state index contributed by atoms with van der Waals surface area (Å²) in [5, 5.41) is 12.3. The molecular weight excluding hydrogens is 268 g/mol. The van der Waals surface area contributed by atoms with Crippen LogP contribution in [0.4, 0.5) is 0 Å². The Bertz CT molecular complexity index is 378. The topological polar surface area (TPSA) is 69.6 Å². The Morgan fingerprint density at radius 3 is 2.57 bits per heavy atom. The minimum absolute atomic E-state index is 0.0327. The van der Waals surface area contributed by atoms with Gasteiger partial charge in [0.15, 0.2) is 0 Å². The van der Waals surface area contributed by atoms with Gasteiger partial charge in [-0.05, 0) is 38.6 Å². The zero-order chi connectivity index (χ0) is 15.3. The van der Waals surface area contributed by atoms with Gasteiger partial charge in [0.05, 0.1) is 0 Å². The Morgan fingerprint density at radius 2 is 1.95 bits per heavy atom. The molecule has 1 saturated carbocycles. The molecule has 0 radical (unpaired) electrons. The molecule has 0 aromatic heterocycles. The van der Waals surface area contributed by atoms with E-state index in [0.29, 0.717) is 13.0 Å². The van der Waals surface area contributed by atoms with Crippen LogP contribution in [0.25, 0.3) is 0 Å². The van der Waals surface area contributed by atoms with Gasteiger partial charge in [-0.15, -0.1) is 0 Å². The van der Waals surface area contributed by atoms with Crippen LogP contribution in [0.2, 0.25) is 0 Å². The fraction of sp³-hybridized carbons (Fsp3) is 0.875. The molecule has 1 amide bonds. The van der Waals surface area contributed by atoms with E-state index < -0.39 is 5.97 Å². The molecule has 2 rings (SSSR count). The number of piperidine rings is 1. The number of amides is 1. The first kappa shape index (κ1) is 16.3. The number of carbonyl (C=O) groups excluding carboxylic acids is 1. The molecule has 0 aromatic carbocycles. The summed E-state index contributed by atoms with van der Waals surface area (Å²) < 4.78 is 0. The average Bonchev–Trinajstić information content (AvgIpc) is 2.48. The van der Waals surface area contributed by atoms with Crippen molar-refractivity contribution in [1.29, 1.82) is 0 Å². The van der Waals surface area contributed by atoms with Gasteiger partial charge in [-0.25, -0.2) is 0 Å². The molecular formula is C16H28N2O3. The fourth-order valence-corrected chi connectivity index (χ4v) is 3.85. The first-order valence-corrected chi connectivity index (χ1v) is 8.23. The lowest BCUT2D eigenvalue weighted by Gasteiger charge is -2.39. The van der Waals surface area contributed by atoms with Gasteiger partial charge < -0.3 is 15.3 Å². The molecule has 0 aromatic rings. The van der Waals surface area contributed by atoms with E-state index in [2.05, 4.69) is 5.32 Å². The summed E-state index contributed by atoms with van der Waals surface area (Å²) in [6.45, 7) is 1.40. The normalized spacial score (nSPS) is 25.6. The molecule has 1 unspecified atom stereocenters. The third kappa shape index (κ3) is 4.43. The lowest BCUT2D eigenvalue weighted by atomic mass is 9.79. The molecule has 120 valence electrons. The van der Waals surface area contributed by atoms with Gasteiger partial charge in [0.25, 0.3) is 0 Å². The van der Waals surface area contributed by atoms with Gasteiger partial charge >= 0.3 is 5.97 Å². The summed E-state index contributed by atoms with van der Waals surface area (Å²) in [6.07, 6.45) is 8.38. The zero-order valence-electron chi connectivity index (χ0n) is 13.1. The van der Waals surface area contributed by atoms with E-state index >= 15 is 0 Å². The Balaban J connectivity index is 1.91. The molecule has 1 aliphatic carbocycles. The number of likely N-dealkylation sites (tertiary alicyclic amines) is 1. The van der Waals surface area contributed by atoms with E-state index in [4.69, 9.17) is 5.11 Å². The van der Waals surface area contributed by atoms with Gasteiger partial charge in [0.2, 0.25) is 5.91 Å². The first-order chi connectivity index (χ1) is 10.0. The van der Waals surface area contributed by atoms with E-state index in [-0.39, 0.29) is 23.8 Å². The van der Waals surface area contributed by atoms with Crippen molar-refractivity contribution in [3.63, 3.8) is 0 Å². The van der Waals surface area contributed by atoms with Crippen LogP contribution in [0, 0.1) is 5.92 Å². The Kier molecular flexibility index (Phi) is 5.62. The minimum atomic E-state index is -0.756. The smallest absolute Gasteiger partial charge is 0.303 e. The summed E-state index contributed by atoms with van der Waals surface area (Å²) in [4.78, 5) is 25.3. The maximum atomic E-state index is 12.6. The van der Waals surface area contributed by atoms with E-state index in [1.165, 1.54) is 19.3 Å². The Morgan fingerprint density at radius 1 is 1.24 bits per heavy atom. The Hall–Kier alpha value is -1.10. The van der Waals surface area contributed by atoms with Crippen LogP contribution >= 0.6 is 0 Å². The molecule has 0 bridgehead atoms. The second kappa shape index (κ2) is 7.25. The lowest BCUT2D eigenvalue weighted by Crippen LogP contribution is -2.50. The number of aliphatic carboxylic acids is 1. The zero-order valence-corrected chi connectivity index (χ0v) is 13.1. The summed E-state index contributed by atoms with van der Waals surface area (Å²) in [7, 11) is 1.96. The van der Waals surface area contributed by atoms with Crippen molar-refractivity contribution in [3.8, 4) is 0 Å². The van der Waals surface area contributed by atoms with Crippen molar-refractivity contribution in [3.05, 3.63) is 0 Å². The van der Waals surface area contributed by atoms with Crippen molar-refractivity contribution in [2.75, 3.05) is 20.1 Å². The number of carboxylic acids is 1. The molecule has 1 aliphatic heterocycles. The lowest BCUT2D eigenvalue weighted by molar-refractivity contribution is -0.141. The first-order valence-electron chi connectivity index (χ1n) is 8.23. The highest BCUT2D eigenvalue weighted by Gasteiger charge is 2.35. The molecule has 21 heavy (non-hydrogen) atoms. The Labute approximate surface area is 127 Å². The molecule has 5 nitrogen and oxygen atoms in total. The number of hydrogen-bond acceptors (Lipinski definition) is 3. The highest BCUT2D eigenvalue weighted by atomic mass is 16.4. The summed E-state index contributed by atoms with van der Waals surface area (Å²) in [6, 6.07) is 0. The number of carboxylic acid groups (broad SMARTS) is 1. The fourth-order valence-electron chi connectivity index (χ4n) is 3.85. The number of hydrogen-bond donors (Lipinski definition) is 2. The van der Waals surface area contributed by atoms with Gasteiger partial charge in [0.1, 0.15) is 0 Å². The van der Waals surface area contributed by atoms with Crippen molar-refractivity contribution in [2.45, 2.75) is 63.3 Å². The number of nitrogens with one attached hydrogen (secondary N) is 1. The van der Waals surface area contributed by atoms with Gasteiger partial charge in [-0.3, -0.25) is 9.59 Å². The number of nitrogens with zero attached hydrogens (tertiary/aromatic N) is 1. The van der Waals surface area contributed by atoms with E-state index in [1.807, 2.05) is 11.9 Å². The van der Waals surface area contributed by atoms with Gasteiger partial charge in [-0.2, -0.15) is 0 Å². The SMILES string of the molecule is CNC1(CC(=O)N2CCCC(CC(=O)O)C2)CCCCC1. The highest BCUT2D eigenvalue weighted by Crippen LogP contribution is 2.32. The van der Waals surface area contributed by atoms with Crippen molar-refractivity contribution in [2.24, 2.45) is 5.92 Å². The minimum Gasteiger partial charge on any atom is -0.481 e. The maximum Gasteiger partial charge on any atom is 0.303 e. The summed E-state index contributed by atoms with van der Waals surface area (Å²) >= 11 is 0. The van der Waals surface area contributed by atoms with E-state index in [9.17, 15) is 9.59 Å². The van der Waals surface area contributed by atoms with Crippen LogP contribution in [-0.2, 0) is 9.59 Å². The van der Waals surface area contributed by atoms with Crippen molar-refractivity contribution >= 4 is 11.9 Å². The predicted octanol–water partition coefficient (Wildman–Crippen LogP) is 2.01. The maximum absolute atomic E-state index is 12.6. The van der Waals surface area contributed by atoms with Crippen molar-refractivity contribution in [1.82, 2.24) is 10.2 Å². The second-order valence-corrected chi connectivity index (χ2v) is 6.71. The molecule has 1 heterocycles. The quantitative estimate of drug-likeness (QED) is 0.814. The van der Waals surface area contributed by atoms with Crippen LogP contribution in [0.5, 0.6) is 0 Å². The molecule has 5 heteroatoms. The number of rotatable bonds is 5. The molecule has 2 N–H and O–H groups in total. The highest BCUT2D eigenvalue weighted by molar-refractivity contribution is 5.77. The molecule has 1 atom stereocenters. The monoisotopic (exact) mass is 296 g/mol. The molecule has 2 fully saturated rings. The van der Waals surface area contributed by atoms with E-state index in [1.54, 1.807) is 0 Å². The van der Waals surface area contributed by atoms with Crippen LogP contribution in [-0.4, -0.2) is 47.6 Å². The predicted molar refractivity (Wildman–Crippen MR) is 81.0 cm³/mol.